The van der Waals surface area contributed by atoms with Gasteiger partial charge in [-0.3, -0.25) is 0 Å². The van der Waals surface area contributed by atoms with Crippen molar-refractivity contribution in [3.05, 3.63) is 59.1 Å². The van der Waals surface area contributed by atoms with E-state index in [1.54, 1.807) is 0 Å². The summed E-state index contributed by atoms with van der Waals surface area (Å²) in [5.74, 6) is 0.849. The van der Waals surface area contributed by atoms with Crippen LogP contribution in [0.3, 0.4) is 0 Å². The Hall–Kier alpha value is -1.82. The van der Waals surface area contributed by atoms with Crippen molar-refractivity contribution in [1.29, 1.82) is 0 Å². The summed E-state index contributed by atoms with van der Waals surface area (Å²) in [6.45, 7) is 3.31. The van der Waals surface area contributed by atoms with Gasteiger partial charge in [-0.1, -0.05) is 29.8 Å². The van der Waals surface area contributed by atoms with E-state index in [9.17, 15) is 0 Å². The quantitative estimate of drug-likeness (QED) is 0.648. The molecule has 1 atom stereocenters. The highest BCUT2D eigenvalue weighted by atomic mass is 35.5. The van der Waals surface area contributed by atoms with Crippen LogP contribution in [-0.2, 0) is 0 Å². The standard InChI is InChI=1S/C19H24ClN3OS/c1-4-24-15-11-9-14(10-12-15)22-19(25)21-13-18(23(2)3)16-7-5-6-8-17(16)20/h5-12,18H,4,13H2,1-3H3,(H2,21,22,25)/p+1/t18-/m0/s1. The highest BCUT2D eigenvalue weighted by Crippen LogP contribution is 2.20. The molecule has 0 heterocycles. The maximum absolute atomic E-state index is 6.35. The Morgan fingerprint density at radius 1 is 1.16 bits per heavy atom. The first-order chi connectivity index (χ1) is 12.0. The van der Waals surface area contributed by atoms with Crippen LogP contribution in [0.5, 0.6) is 5.75 Å². The van der Waals surface area contributed by atoms with Gasteiger partial charge in [0.1, 0.15) is 11.8 Å². The van der Waals surface area contributed by atoms with E-state index in [1.165, 1.54) is 4.90 Å². The fourth-order valence-electron chi connectivity index (χ4n) is 2.55. The Morgan fingerprint density at radius 3 is 2.44 bits per heavy atom. The van der Waals surface area contributed by atoms with Gasteiger partial charge in [-0.2, -0.15) is 0 Å². The minimum Gasteiger partial charge on any atom is -0.494 e. The molecule has 0 spiro atoms. The third-order valence-electron chi connectivity index (χ3n) is 3.87. The topological polar surface area (TPSA) is 37.7 Å². The average molecular weight is 379 g/mol. The van der Waals surface area contributed by atoms with Crippen LogP contribution in [-0.4, -0.2) is 32.4 Å². The Balaban J connectivity index is 1.94. The van der Waals surface area contributed by atoms with E-state index in [2.05, 4.69) is 30.8 Å². The molecule has 0 saturated heterocycles. The molecule has 134 valence electrons. The van der Waals surface area contributed by atoms with Gasteiger partial charge < -0.3 is 20.3 Å². The number of thiocarbonyl (C=S) groups is 1. The molecule has 0 aromatic heterocycles. The molecule has 3 N–H and O–H groups in total. The molecule has 2 aromatic carbocycles. The second kappa shape index (κ2) is 9.61. The Kier molecular flexibility index (Phi) is 7.50. The van der Waals surface area contributed by atoms with Gasteiger partial charge in [0.25, 0.3) is 0 Å². The fourth-order valence-corrected chi connectivity index (χ4v) is 3.02. The number of quaternary nitrogens is 1. The Bertz CT molecular complexity index is 691. The molecular weight excluding hydrogens is 354 g/mol. The molecule has 0 fully saturated rings. The third kappa shape index (κ3) is 5.88. The first-order valence-electron chi connectivity index (χ1n) is 8.33. The summed E-state index contributed by atoms with van der Waals surface area (Å²) in [6, 6.07) is 15.9. The molecular formula is C19H25ClN3OS+. The van der Waals surface area contributed by atoms with Gasteiger partial charge >= 0.3 is 0 Å². The molecule has 0 unspecified atom stereocenters. The first kappa shape index (κ1) is 19.5. The number of likely N-dealkylation sites (N-methyl/N-ethyl adjacent to an activating group) is 1. The molecule has 4 nitrogen and oxygen atoms in total. The molecule has 25 heavy (non-hydrogen) atoms. The van der Waals surface area contributed by atoms with Crippen LogP contribution in [0.15, 0.2) is 48.5 Å². The minimum absolute atomic E-state index is 0.203. The smallest absolute Gasteiger partial charge is 0.171 e. The van der Waals surface area contributed by atoms with E-state index in [-0.39, 0.29) is 6.04 Å². The highest BCUT2D eigenvalue weighted by Gasteiger charge is 2.20. The SMILES string of the molecule is CCOc1ccc(NC(=S)NC[C@@H](c2ccccc2Cl)[NH+](C)C)cc1. The molecule has 0 aliphatic carbocycles. The lowest BCUT2D eigenvalue weighted by molar-refractivity contribution is -0.890. The number of benzene rings is 2. The number of hydrogen-bond donors (Lipinski definition) is 3. The number of hydrogen-bond acceptors (Lipinski definition) is 2. The summed E-state index contributed by atoms with van der Waals surface area (Å²) < 4.78 is 5.44. The zero-order valence-electron chi connectivity index (χ0n) is 14.8. The lowest BCUT2D eigenvalue weighted by Crippen LogP contribution is -3.07. The molecule has 0 aliphatic heterocycles. The van der Waals surface area contributed by atoms with Gasteiger partial charge in [-0.15, -0.1) is 0 Å². The van der Waals surface area contributed by atoms with Gasteiger partial charge in [0.15, 0.2) is 5.11 Å². The number of nitrogens with one attached hydrogen (secondary N) is 3. The lowest BCUT2D eigenvalue weighted by Gasteiger charge is -2.24. The summed E-state index contributed by atoms with van der Waals surface area (Å²) >= 11 is 11.8. The molecule has 2 rings (SSSR count). The van der Waals surface area contributed by atoms with E-state index in [0.29, 0.717) is 18.3 Å². The van der Waals surface area contributed by atoms with Gasteiger partial charge in [-0.25, -0.2) is 0 Å². The number of ether oxygens (including phenoxy) is 1. The highest BCUT2D eigenvalue weighted by molar-refractivity contribution is 7.80. The van der Waals surface area contributed by atoms with Crippen LogP contribution in [0.1, 0.15) is 18.5 Å². The van der Waals surface area contributed by atoms with Gasteiger partial charge in [-0.05, 0) is 49.5 Å². The Morgan fingerprint density at radius 2 is 1.84 bits per heavy atom. The fraction of sp³-hybridized carbons (Fsp3) is 0.316. The lowest BCUT2D eigenvalue weighted by atomic mass is 10.1. The second-order valence-electron chi connectivity index (χ2n) is 5.94. The molecule has 0 radical (unpaired) electrons. The maximum Gasteiger partial charge on any atom is 0.171 e. The Labute approximate surface area is 160 Å². The zero-order valence-corrected chi connectivity index (χ0v) is 16.4. The zero-order chi connectivity index (χ0) is 18.2. The minimum atomic E-state index is 0.203. The van der Waals surface area contributed by atoms with E-state index in [1.807, 2.05) is 49.4 Å². The molecule has 2 aromatic rings. The predicted octanol–water partition coefficient (Wildman–Crippen LogP) is 2.91. The molecule has 0 amide bonds. The third-order valence-corrected chi connectivity index (χ3v) is 4.46. The van der Waals surface area contributed by atoms with Gasteiger partial charge in [0, 0.05) is 16.3 Å². The van der Waals surface area contributed by atoms with Crippen molar-refractivity contribution in [3.63, 3.8) is 0 Å². The largest absolute Gasteiger partial charge is 0.494 e. The number of anilines is 1. The second-order valence-corrected chi connectivity index (χ2v) is 6.76. The predicted molar refractivity (Wildman–Crippen MR) is 109 cm³/mol. The maximum atomic E-state index is 6.35. The molecule has 0 aliphatic rings. The van der Waals surface area contributed by atoms with E-state index in [0.717, 1.165) is 22.0 Å². The van der Waals surface area contributed by atoms with Crippen LogP contribution in [0, 0.1) is 0 Å². The van der Waals surface area contributed by atoms with E-state index in [4.69, 9.17) is 28.6 Å². The van der Waals surface area contributed by atoms with Gasteiger partial charge in [0.2, 0.25) is 0 Å². The van der Waals surface area contributed by atoms with Crippen molar-refractivity contribution in [1.82, 2.24) is 5.32 Å². The molecule has 6 heteroatoms. The molecule has 0 saturated carbocycles. The monoisotopic (exact) mass is 378 g/mol. The van der Waals surface area contributed by atoms with Crippen molar-refractivity contribution < 1.29 is 9.64 Å². The van der Waals surface area contributed by atoms with Crippen LogP contribution in [0.25, 0.3) is 0 Å². The van der Waals surface area contributed by atoms with Crippen molar-refractivity contribution in [3.8, 4) is 5.75 Å². The summed E-state index contributed by atoms with van der Waals surface area (Å²) in [7, 11) is 4.22. The van der Waals surface area contributed by atoms with Crippen LogP contribution >= 0.6 is 23.8 Å². The normalized spacial score (nSPS) is 11.9. The van der Waals surface area contributed by atoms with E-state index < -0.39 is 0 Å². The number of rotatable bonds is 7. The number of halogens is 1. The molecule has 0 bridgehead atoms. The van der Waals surface area contributed by atoms with Crippen molar-refractivity contribution in [2.45, 2.75) is 13.0 Å². The van der Waals surface area contributed by atoms with Crippen LogP contribution in [0.2, 0.25) is 5.02 Å². The van der Waals surface area contributed by atoms with Crippen molar-refractivity contribution in [2.24, 2.45) is 0 Å². The van der Waals surface area contributed by atoms with Crippen LogP contribution in [0.4, 0.5) is 5.69 Å². The summed E-state index contributed by atoms with van der Waals surface area (Å²) in [5, 5.41) is 7.85. The van der Waals surface area contributed by atoms with E-state index >= 15 is 0 Å². The van der Waals surface area contributed by atoms with Crippen LogP contribution < -0.4 is 20.3 Å². The summed E-state index contributed by atoms with van der Waals surface area (Å²) in [5.41, 5.74) is 2.04. The van der Waals surface area contributed by atoms with Crippen molar-refractivity contribution >= 4 is 34.6 Å². The van der Waals surface area contributed by atoms with Crippen molar-refractivity contribution in [2.75, 3.05) is 32.6 Å². The van der Waals surface area contributed by atoms with Gasteiger partial charge in [0.05, 0.1) is 27.2 Å². The summed E-state index contributed by atoms with van der Waals surface area (Å²) in [6.07, 6.45) is 0. The first-order valence-corrected chi connectivity index (χ1v) is 9.12. The summed E-state index contributed by atoms with van der Waals surface area (Å²) in [4.78, 5) is 1.28. The average Bonchev–Trinajstić information content (AvgIpc) is 2.58.